The van der Waals surface area contributed by atoms with Gasteiger partial charge in [0.05, 0.1) is 0 Å². The number of carbonyl (C=O) groups is 2. The number of Topliss-reactive ketones (excluding diaryl/α,β-unsaturated/α-hetero) is 1. The second-order valence-corrected chi connectivity index (χ2v) is 5.15. The highest BCUT2D eigenvalue weighted by atomic mass is 35.5. The van der Waals surface area contributed by atoms with Crippen molar-refractivity contribution in [3.8, 4) is 0 Å². The van der Waals surface area contributed by atoms with Crippen molar-refractivity contribution in [2.24, 2.45) is 0 Å². The number of benzene rings is 1. The lowest BCUT2D eigenvalue weighted by Gasteiger charge is -2.14. The van der Waals surface area contributed by atoms with Gasteiger partial charge in [-0.15, -0.1) is 12.4 Å². The van der Waals surface area contributed by atoms with E-state index in [0.29, 0.717) is 6.54 Å². The average Bonchev–Trinajstić information content (AvgIpc) is 2.54. The maximum atomic E-state index is 13.0. The predicted molar refractivity (Wildman–Crippen MR) is 85.7 cm³/mol. The molecule has 7 heteroatoms. The summed E-state index contributed by atoms with van der Waals surface area (Å²) in [4.78, 5) is 23.5. The van der Waals surface area contributed by atoms with Gasteiger partial charge in [-0.25, -0.2) is 8.78 Å². The summed E-state index contributed by atoms with van der Waals surface area (Å²) >= 11 is 0. The van der Waals surface area contributed by atoms with Gasteiger partial charge in [0, 0.05) is 31.5 Å². The third kappa shape index (κ3) is 6.08. The van der Waals surface area contributed by atoms with E-state index in [1.165, 1.54) is 11.6 Å². The zero-order valence-corrected chi connectivity index (χ0v) is 13.3. The van der Waals surface area contributed by atoms with E-state index in [1.54, 1.807) is 0 Å². The summed E-state index contributed by atoms with van der Waals surface area (Å²) in [5.41, 5.74) is 1.24. The lowest BCUT2D eigenvalue weighted by atomic mass is 10.1. The van der Waals surface area contributed by atoms with Crippen LogP contribution in [0.3, 0.4) is 0 Å². The van der Waals surface area contributed by atoms with E-state index in [0.717, 1.165) is 31.6 Å². The standard InChI is InChI=1S/C16H18F2N2O2.ClH/c17-13-2-1-12(9-14(13)18)15(21)3-4-16(22)20-10-11-5-7-19-8-6-11;/h1-2,5,9,19H,3-4,6-8,10H2,(H,20,22);1H. The Bertz CT molecular complexity index is 606. The molecule has 2 rings (SSSR count). The first-order valence-corrected chi connectivity index (χ1v) is 7.20. The molecular formula is C16H19ClF2N2O2. The summed E-state index contributed by atoms with van der Waals surface area (Å²) in [6.45, 7) is 2.19. The Balaban J connectivity index is 0.00000264. The highest BCUT2D eigenvalue weighted by Gasteiger charge is 2.12. The first kappa shape index (κ1) is 19.3. The Morgan fingerprint density at radius 2 is 1.96 bits per heavy atom. The van der Waals surface area contributed by atoms with Crippen molar-refractivity contribution in [3.05, 3.63) is 47.0 Å². The van der Waals surface area contributed by atoms with Crippen molar-refractivity contribution in [1.82, 2.24) is 10.6 Å². The quantitative estimate of drug-likeness (QED) is 0.615. The molecule has 4 nitrogen and oxygen atoms in total. The number of ketones is 1. The molecule has 0 saturated heterocycles. The van der Waals surface area contributed by atoms with Gasteiger partial charge in [0.15, 0.2) is 17.4 Å². The highest BCUT2D eigenvalue weighted by Crippen LogP contribution is 2.11. The largest absolute Gasteiger partial charge is 0.352 e. The van der Waals surface area contributed by atoms with Crippen molar-refractivity contribution in [3.63, 3.8) is 0 Å². The average molecular weight is 345 g/mol. The Morgan fingerprint density at radius 3 is 2.61 bits per heavy atom. The molecule has 1 aromatic carbocycles. The third-order valence-corrected chi connectivity index (χ3v) is 3.49. The van der Waals surface area contributed by atoms with Crippen LogP contribution in [0, 0.1) is 11.6 Å². The summed E-state index contributed by atoms with van der Waals surface area (Å²) in [6.07, 6.45) is 2.94. The second kappa shape index (κ2) is 9.37. The summed E-state index contributed by atoms with van der Waals surface area (Å²) in [6, 6.07) is 2.99. The first-order chi connectivity index (χ1) is 10.6. The second-order valence-electron chi connectivity index (χ2n) is 5.15. The summed E-state index contributed by atoms with van der Waals surface area (Å²) in [5, 5.41) is 5.94. The zero-order chi connectivity index (χ0) is 15.9. The maximum Gasteiger partial charge on any atom is 0.220 e. The molecule has 1 aliphatic heterocycles. The molecule has 1 aliphatic rings. The number of hydrogen-bond acceptors (Lipinski definition) is 3. The summed E-state index contributed by atoms with van der Waals surface area (Å²) in [7, 11) is 0. The molecular weight excluding hydrogens is 326 g/mol. The molecule has 23 heavy (non-hydrogen) atoms. The number of amides is 1. The molecule has 0 unspecified atom stereocenters. The lowest BCUT2D eigenvalue weighted by Crippen LogP contribution is -2.29. The van der Waals surface area contributed by atoms with E-state index in [9.17, 15) is 18.4 Å². The SMILES string of the molecule is Cl.O=C(CCC(=O)c1ccc(F)c(F)c1)NCC1=CCNCC1. The molecule has 0 radical (unpaired) electrons. The molecule has 0 fully saturated rings. The fraction of sp³-hybridized carbons (Fsp3) is 0.375. The van der Waals surface area contributed by atoms with E-state index in [2.05, 4.69) is 10.6 Å². The lowest BCUT2D eigenvalue weighted by molar-refractivity contribution is -0.120. The molecule has 0 spiro atoms. The minimum absolute atomic E-state index is 0. The van der Waals surface area contributed by atoms with Crippen molar-refractivity contribution in [1.29, 1.82) is 0 Å². The molecule has 1 amide bonds. The van der Waals surface area contributed by atoms with Crippen LogP contribution < -0.4 is 10.6 Å². The Kier molecular flexibility index (Phi) is 7.85. The van der Waals surface area contributed by atoms with Crippen LogP contribution in [-0.4, -0.2) is 31.3 Å². The van der Waals surface area contributed by atoms with Gasteiger partial charge in [-0.3, -0.25) is 9.59 Å². The Morgan fingerprint density at radius 1 is 1.17 bits per heavy atom. The molecule has 1 aromatic rings. The third-order valence-electron chi connectivity index (χ3n) is 3.49. The maximum absolute atomic E-state index is 13.0. The first-order valence-electron chi connectivity index (χ1n) is 7.20. The minimum Gasteiger partial charge on any atom is -0.352 e. The smallest absolute Gasteiger partial charge is 0.220 e. The number of hydrogen-bond donors (Lipinski definition) is 2. The van der Waals surface area contributed by atoms with Gasteiger partial charge in [-0.1, -0.05) is 11.6 Å². The monoisotopic (exact) mass is 344 g/mol. The number of carbonyl (C=O) groups excluding carboxylic acids is 2. The van der Waals surface area contributed by atoms with Gasteiger partial charge >= 0.3 is 0 Å². The van der Waals surface area contributed by atoms with Gasteiger partial charge in [0.25, 0.3) is 0 Å². The predicted octanol–water partition coefficient (Wildman–Crippen LogP) is 2.39. The van der Waals surface area contributed by atoms with Crippen LogP contribution in [0.15, 0.2) is 29.8 Å². The topological polar surface area (TPSA) is 58.2 Å². The fourth-order valence-electron chi connectivity index (χ4n) is 2.17. The molecule has 0 saturated carbocycles. The van der Waals surface area contributed by atoms with E-state index in [1.807, 2.05) is 6.08 Å². The normalized spacial score (nSPS) is 13.7. The van der Waals surface area contributed by atoms with Crippen LogP contribution in [0.1, 0.15) is 29.6 Å². The van der Waals surface area contributed by atoms with Gasteiger partial charge in [0.1, 0.15) is 0 Å². The molecule has 0 aromatic heterocycles. The van der Waals surface area contributed by atoms with Gasteiger partial charge in [0.2, 0.25) is 5.91 Å². The minimum atomic E-state index is -1.06. The Hall–Kier alpha value is -1.79. The van der Waals surface area contributed by atoms with Crippen LogP contribution in [0.2, 0.25) is 0 Å². The van der Waals surface area contributed by atoms with E-state index in [-0.39, 0.29) is 42.5 Å². The number of halogens is 3. The molecule has 1 heterocycles. The van der Waals surface area contributed by atoms with Crippen molar-refractivity contribution in [2.75, 3.05) is 19.6 Å². The van der Waals surface area contributed by atoms with Gasteiger partial charge in [-0.05, 0) is 31.2 Å². The van der Waals surface area contributed by atoms with Gasteiger partial charge < -0.3 is 10.6 Å². The van der Waals surface area contributed by atoms with Crippen LogP contribution in [0.5, 0.6) is 0 Å². The molecule has 126 valence electrons. The zero-order valence-electron chi connectivity index (χ0n) is 12.5. The van der Waals surface area contributed by atoms with Gasteiger partial charge in [-0.2, -0.15) is 0 Å². The molecule has 0 aliphatic carbocycles. The van der Waals surface area contributed by atoms with Crippen molar-refractivity contribution >= 4 is 24.1 Å². The van der Waals surface area contributed by atoms with Crippen LogP contribution in [-0.2, 0) is 4.79 Å². The fourth-order valence-corrected chi connectivity index (χ4v) is 2.17. The highest BCUT2D eigenvalue weighted by molar-refractivity contribution is 5.97. The van der Waals surface area contributed by atoms with Crippen molar-refractivity contribution in [2.45, 2.75) is 19.3 Å². The van der Waals surface area contributed by atoms with E-state index < -0.39 is 11.6 Å². The van der Waals surface area contributed by atoms with Crippen LogP contribution in [0.25, 0.3) is 0 Å². The van der Waals surface area contributed by atoms with E-state index in [4.69, 9.17) is 0 Å². The van der Waals surface area contributed by atoms with Crippen molar-refractivity contribution < 1.29 is 18.4 Å². The molecule has 0 atom stereocenters. The molecule has 0 bridgehead atoms. The van der Waals surface area contributed by atoms with E-state index >= 15 is 0 Å². The number of rotatable bonds is 6. The number of nitrogens with one attached hydrogen (secondary N) is 2. The van der Waals surface area contributed by atoms with Crippen LogP contribution in [0.4, 0.5) is 8.78 Å². The van der Waals surface area contributed by atoms with Crippen LogP contribution >= 0.6 is 12.4 Å². The summed E-state index contributed by atoms with van der Waals surface area (Å²) in [5.74, 6) is -2.66. The Labute approximate surface area is 139 Å². The summed E-state index contributed by atoms with van der Waals surface area (Å²) < 4.78 is 25.8. The molecule has 2 N–H and O–H groups in total.